The molecule has 0 heterocycles. The van der Waals surface area contributed by atoms with Gasteiger partial charge in [-0.3, -0.25) is 0 Å². The lowest BCUT2D eigenvalue weighted by Gasteiger charge is -2.09. The standard InChI is InChI=1S/C13H20ClNO4S/c1-2-3-7-19-8-6-15-20(17,18)12-4-5-13(14)11(9-12)10-16/h4-5,9,15-16H,2-3,6-8,10H2,1H3. The Hall–Kier alpha value is -0.660. The Bertz CT molecular complexity index is 519. The van der Waals surface area contributed by atoms with Crippen LogP contribution in [0, 0.1) is 0 Å². The Morgan fingerprint density at radius 3 is 2.75 bits per heavy atom. The van der Waals surface area contributed by atoms with Crippen LogP contribution in [0.2, 0.25) is 5.02 Å². The van der Waals surface area contributed by atoms with Gasteiger partial charge in [0.2, 0.25) is 10.0 Å². The third-order valence-corrected chi connectivity index (χ3v) is 4.51. The molecule has 0 saturated heterocycles. The highest BCUT2D eigenvalue weighted by Crippen LogP contribution is 2.20. The van der Waals surface area contributed by atoms with Crippen LogP contribution in [0.3, 0.4) is 0 Å². The van der Waals surface area contributed by atoms with Gasteiger partial charge in [0.25, 0.3) is 0 Å². The molecule has 0 amide bonds. The molecule has 1 aromatic carbocycles. The Kier molecular flexibility index (Phi) is 7.47. The smallest absolute Gasteiger partial charge is 0.240 e. The van der Waals surface area contributed by atoms with Crippen molar-refractivity contribution < 1.29 is 18.3 Å². The molecule has 0 aromatic heterocycles. The number of benzene rings is 1. The van der Waals surface area contributed by atoms with Gasteiger partial charge in [0.05, 0.1) is 18.1 Å². The Morgan fingerprint density at radius 1 is 1.35 bits per heavy atom. The molecule has 0 saturated carbocycles. The van der Waals surface area contributed by atoms with E-state index >= 15 is 0 Å². The van der Waals surface area contributed by atoms with Crippen molar-refractivity contribution in [3.63, 3.8) is 0 Å². The summed E-state index contributed by atoms with van der Waals surface area (Å²) in [5.74, 6) is 0. The quantitative estimate of drug-likeness (QED) is 0.681. The predicted octanol–water partition coefficient (Wildman–Crippen LogP) is 1.93. The fraction of sp³-hybridized carbons (Fsp3) is 0.538. The summed E-state index contributed by atoms with van der Waals surface area (Å²) in [5, 5.41) is 9.43. The van der Waals surface area contributed by atoms with E-state index in [1.165, 1.54) is 18.2 Å². The van der Waals surface area contributed by atoms with Gasteiger partial charge in [0, 0.05) is 18.2 Å². The van der Waals surface area contributed by atoms with Crippen molar-refractivity contribution in [1.82, 2.24) is 4.72 Å². The first-order chi connectivity index (χ1) is 9.51. The second-order valence-electron chi connectivity index (χ2n) is 4.28. The van der Waals surface area contributed by atoms with Crippen molar-refractivity contribution >= 4 is 21.6 Å². The number of ether oxygens (including phenoxy) is 1. The highest BCUT2D eigenvalue weighted by atomic mass is 35.5. The summed E-state index contributed by atoms with van der Waals surface area (Å²) in [6, 6.07) is 4.23. The molecule has 0 radical (unpaired) electrons. The number of rotatable bonds is 9. The van der Waals surface area contributed by atoms with E-state index in [0.717, 1.165) is 12.8 Å². The van der Waals surface area contributed by atoms with Gasteiger partial charge in [0.1, 0.15) is 0 Å². The number of aliphatic hydroxyl groups excluding tert-OH is 1. The summed E-state index contributed by atoms with van der Waals surface area (Å²) in [5.41, 5.74) is 0.383. The Labute approximate surface area is 125 Å². The van der Waals surface area contributed by atoms with E-state index in [1.807, 2.05) is 0 Å². The second-order valence-corrected chi connectivity index (χ2v) is 6.45. The van der Waals surface area contributed by atoms with E-state index in [2.05, 4.69) is 11.6 Å². The molecule has 7 heteroatoms. The number of halogens is 1. The van der Waals surface area contributed by atoms with Crippen LogP contribution in [0.5, 0.6) is 0 Å². The third kappa shape index (κ3) is 5.38. The molecule has 0 aliphatic rings. The molecule has 0 spiro atoms. The van der Waals surface area contributed by atoms with Gasteiger partial charge in [-0.2, -0.15) is 0 Å². The zero-order valence-corrected chi connectivity index (χ0v) is 13.0. The zero-order chi connectivity index (χ0) is 15.0. The van der Waals surface area contributed by atoms with Crippen molar-refractivity contribution in [3.8, 4) is 0 Å². The molecular formula is C13H20ClNO4S. The van der Waals surface area contributed by atoms with Crippen LogP contribution in [0.25, 0.3) is 0 Å². The summed E-state index contributed by atoms with van der Waals surface area (Å²) in [6.07, 6.45) is 2.00. The maximum absolute atomic E-state index is 12.0. The zero-order valence-electron chi connectivity index (χ0n) is 11.4. The number of hydrogen-bond acceptors (Lipinski definition) is 4. The molecule has 114 valence electrons. The van der Waals surface area contributed by atoms with Crippen LogP contribution in [0.15, 0.2) is 23.1 Å². The number of unbranched alkanes of at least 4 members (excludes halogenated alkanes) is 1. The molecule has 0 aliphatic heterocycles. The normalized spacial score (nSPS) is 11.8. The maximum Gasteiger partial charge on any atom is 0.240 e. The van der Waals surface area contributed by atoms with Gasteiger partial charge in [-0.25, -0.2) is 13.1 Å². The molecule has 1 aromatic rings. The lowest BCUT2D eigenvalue weighted by atomic mass is 10.2. The van der Waals surface area contributed by atoms with Crippen LogP contribution in [-0.4, -0.2) is 33.3 Å². The molecule has 5 nitrogen and oxygen atoms in total. The summed E-state index contributed by atoms with van der Waals surface area (Å²) in [6.45, 7) is 2.93. The summed E-state index contributed by atoms with van der Waals surface area (Å²) < 4.78 is 31.7. The summed E-state index contributed by atoms with van der Waals surface area (Å²) in [4.78, 5) is 0.0829. The van der Waals surface area contributed by atoms with Crippen molar-refractivity contribution in [1.29, 1.82) is 0 Å². The first kappa shape index (κ1) is 17.4. The minimum Gasteiger partial charge on any atom is -0.392 e. The number of sulfonamides is 1. The van der Waals surface area contributed by atoms with Crippen LogP contribution in [0.4, 0.5) is 0 Å². The molecule has 0 unspecified atom stereocenters. The SMILES string of the molecule is CCCCOCCNS(=O)(=O)c1ccc(Cl)c(CO)c1. The average Bonchev–Trinajstić information content (AvgIpc) is 2.43. The largest absolute Gasteiger partial charge is 0.392 e. The third-order valence-electron chi connectivity index (χ3n) is 2.68. The lowest BCUT2D eigenvalue weighted by molar-refractivity contribution is 0.136. The molecule has 20 heavy (non-hydrogen) atoms. The number of nitrogens with one attached hydrogen (secondary N) is 1. The van der Waals surface area contributed by atoms with Gasteiger partial charge in [-0.1, -0.05) is 24.9 Å². The lowest BCUT2D eigenvalue weighted by Crippen LogP contribution is -2.27. The topological polar surface area (TPSA) is 75.6 Å². The van der Waals surface area contributed by atoms with E-state index in [9.17, 15) is 8.42 Å². The fourth-order valence-corrected chi connectivity index (χ4v) is 2.76. The van der Waals surface area contributed by atoms with E-state index < -0.39 is 10.0 Å². The average molecular weight is 322 g/mol. The van der Waals surface area contributed by atoms with Crippen molar-refractivity contribution in [2.24, 2.45) is 0 Å². The molecule has 1 rings (SSSR count). The Morgan fingerprint density at radius 2 is 2.10 bits per heavy atom. The number of hydrogen-bond donors (Lipinski definition) is 2. The summed E-state index contributed by atoms with van der Waals surface area (Å²) in [7, 11) is -3.60. The van der Waals surface area contributed by atoms with E-state index in [-0.39, 0.29) is 18.0 Å². The van der Waals surface area contributed by atoms with Gasteiger partial charge in [-0.05, 0) is 30.2 Å². The molecule has 0 bridgehead atoms. The van der Waals surface area contributed by atoms with Gasteiger partial charge < -0.3 is 9.84 Å². The minimum absolute atomic E-state index is 0.0829. The summed E-state index contributed by atoms with van der Waals surface area (Å²) >= 11 is 5.83. The van der Waals surface area contributed by atoms with Gasteiger partial charge >= 0.3 is 0 Å². The van der Waals surface area contributed by atoms with E-state index in [1.54, 1.807) is 0 Å². The number of aliphatic hydroxyl groups is 1. The van der Waals surface area contributed by atoms with Crippen molar-refractivity contribution in [2.45, 2.75) is 31.3 Å². The first-order valence-electron chi connectivity index (χ1n) is 6.48. The van der Waals surface area contributed by atoms with Crippen LogP contribution < -0.4 is 4.72 Å². The van der Waals surface area contributed by atoms with Crippen LogP contribution in [-0.2, 0) is 21.4 Å². The molecule has 0 fully saturated rings. The van der Waals surface area contributed by atoms with Crippen molar-refractivity contribution in [3.05, 3.63) is 28.8 Å². The molecule has 0 atom stereocenters. The highest BCUT2D eigenvalue weighted by molar-refractivity contribution is 7.89. The van der Waals surface area contributed by atoms with Crippen molar-refractivity contribution in [2.75, 3.05) is 19.8 Å². The van der Waals surface area contributed by atoms with Crippen LogP contribution in [0.1, 0.15) is 25.3 Å². The molecular weight excluding hydrogens is 302 g/mol. The van der Waals surface area contributed by atoms with Gasteiger partial charge in [-0.15, -0.1) is 0 Å². The Balaban J connectivity index is 2.56. The minimum atomic E-state index is -3.60. The first-order valence-corrected chi connectivity index (χ1v) is 8.34. The predicted molar refractivity (Wildman–Crippen MR) is 78.3 cm³/mol. The van der Waals surface area contributed by atoms with E-state index in [0.29, 0.717) is 23.8 Å². The fourth-order valence-electron chi connectivity index (χ4n) is 1.52. The second kappa shape index (κ2) is 8.59. The molecule has 2 N–H and O–H groups in total. The van der Waals surface area contributed by atoms with Crippen LogP contribution >= 0.6 is 11.6 Å². The monoisotopic (exact) mass is 321 g/mol. The van der Waals surface area contributed by atoms with Gasteiger partial charge in [0.15, 0.2) is 0 Å². The van der Waals surface area contributed by atoms with E-state index in [4.69, 9.17) is 21.4 Å². The molecule has 0 aliphatic carbocycles. The highest BCUT2D eigenvalue weighted by Gasteiger charge is 2.14. The maximum atomic E-state index is 12.0.